The van der Waals surface area contributed by atoms with E-state index < -0.39 is 0 Å². The second-order valence-electron chi connectivity index (χ2n) is 4.11. The summed E-state index contributed by atoms with van der Waals surface area (Å²) >= 11 is 0. The molecule has 0 aliphatic heterocycles. The van der Waals surface area contributed by atoms with Crippen LogP contribution in [0.15, 0.2) is 48.5 Å². The van der Waals surface area contributed by atoms with Crippen LogP contribution in [0, 0.1) is 13.8 Å². The van der Waals surface area contributed by atoms with Crippen LogP contribution in [0.25, 0.3) is 0 Å². The summed E-state index contributed by atoms with van der Waals surface area (Å²) in [6, 6.07) is 15.7. The largest absolute Gasteiger partial charge is 0.508 e. The zero-order chi connectivity index (χ0) is 12.7. The summed E-state index contributed by atoms with van der Waals surface area (Å²) in [5, 5.41) is 8.94. The number of phenols is 1. The molecule has 0 bridgehead atoms. The van der Waals surface area contributed by atoms with Crippen molar-refractivity contribution < 1.29 is 5.11 Å². The summed E-state index contributed by atoms with van der Waals surface area (Å²) in [7, 11) is 0. The fourth-order valence-electron chi connectivity index (χ4n) is 1.44. The van der Waals surface area contributed by atoms with Gasteiger partial charge in [-0.3, -0.25) is 0 Å². The minimum absolute atomic E-state index is 0.356. The van der Waals surface area contributed by atoms with Crippen molar-refractivity contribution in [2.45, 2.75) is 27.2 Å². The lowest BCUT2D eigenvalue weighted by Crippen LogP contribution is -1.75. The first-order valence-corrected chi connectivity index (χ1v) is 5.93. The van der Waals surface area contributed by atoms with E-state index >= 15 is 0 Å². The van der Waals surface area contributed by atoms with Crippen LogP contribution in [0.5, 0.6) is 5.75 Å². The highest BCUT2D eigenvalue weighted by atomic mass is 16.3. The van der Waals surface area contributed by atoms with E-state index in [1.54, 1.807) is 12.1 Å². The molecule has 0 atom stereocenters. The van der Waals surface area contributed by atoms with Gasteiger partial charge in [0.05, 0.1) is 0 Å². The second-order valence-corrected chi connectivity index (χ2v) is 4.11. The lowest BCUT2D eigenvalue weighted by Gasteiger charge is -1.94. The van der Waals surface area contributed by atoms with Gasteiger partial charge in [0.1, 0.15) is 5.75 Å². The van der Waals surface area contributed by atoms with Crippen LogP contribution < -0.4 is 0 Å². The molecule has 2 aromatic rings. The first-order valence-electron chi connectivity index (χ1n) is 5.93. The summed E-state index contributed by atoms with van der Waals surface area (Å²) < 4.78 is 0. The molecule has 0 spiro atoms. The monoisotopic (exact) mass is 228 g/mol. The Kier molecular flexibility index (Phi) is 5.28. The number of phenolic OH excluding ortho intramolecular Hbond substituents is 1. The van der Waals surface area contributed by atoms with Gasteiger partial charge in [-0.05, 0) is 49.1 Å². The molecule has 0 saturated carbocycles. The van der Waals surface area contributed by atoms with Crippen LogP contribution in [-0.4, -0.2) is 5.11 Å². The molecule has 2 rings (SSSR count). The Hall–Kier alpha value is -1.76. The predicted molar refractivity (Wildman–Crippen MR) is 73.4 cm³/mol. The summed E-state index contributed by atoms with van der Waals surface area (Å²) in [4.78, 5) is 0. The third-order valence-corrected chi connectivity index (χ3v) is 2.74. The van der Waals surface area contributed by atoms with Gasteiger partial charge < -0.3 is 5.11 Å². The Morgan fingerprint density at radius 1 is 0.882 bits per heavy atom. The zero-order valence-electron chi connectivity index (χ0n) is 10.8. The molecule has 90 valence electrons. The topological polar surface area (TPSA) is 20.2 Å². The molecule has 0 aliphatic carbocycles. The van der Waals surface area contributed by atoms with Crippen LogP contribution in [-0.2, 0) is 6.42 Å². The van der Waals surface area contributed by atoms with Crippen molar-refractivity contribution in [1.29, 1.82) is 0 Å². The standard InChI is InChI=1S/C8H10O.C8H10/c1-2-7-4-3-5-8(9)6-7;1-7-5-3-4-6-8(7)2/h3-6,9H,2H2,1H3;3-6H,1-2H3. The van der Waals surface area contributed by atoms with Crippen LogP contribution in [0.2, 0.25) is 0 Å². The van der Waals surface area contributed by atoms with Crippen molar-refractivity contribution in [1.82, 2.24) is 0 Å². The van der Waals surface area contributed by atoms with Gasteiger partial charge in [0.2, 0.25) is 0 Å². The lowest BCUT2D eigenvalue weighted by atomic mass is 10.1. The van der Waals surface area contributed by atoms with E-state index in [4.69, 9.17) is 5.11 Å². The quantitative estimate of drug-likeness (QED) is 0.773. The molecule has 2 aromatic carbocycles. The summed E-state index contributed by atoms with van der Waals surface area (Å²) in [5.41, 5.74) is 3.91. The molecule has 0 heterocycles. The van der Waals surface area contributed by atoms with Gasteiger partial charge in [0, 0.05) is 0 Å². The van der Waals surface area contributed by atoms with Crippen LogP contribution in [0.4, 0.5) is 0 Å². The van der Waals surface area contributed by atoms with Gasteiger partial charge in [-0.1, -0.05) is 43.3 Å². The molecule has 0 aromatic heterocycles. The van der Waals surface area contributed by atoms with E-state index in [9.17, 15) is 0 Å². The van der Waals surface area contributed by atoms with E-state index in [0.29, 0.717) is 5.75 Å². The normalized spacial score (nSPS) is 9.35. The molecule has 0 amide bonds. The van der Waals surface area contributed by atoms with E-state index in [2.05, 4.69) is 45.0 Å². The minimum Gasteiger partial charge on any atom is -0.508 e. The number of hydrogen-bond donors (Lipinski definition) is 1. The van der Waals surface area contributed by atoms with Gasteiger partial charge in [0.25, 0.3) is 0 Å². The maximum Gasteiger partial charge on any atom is 0.115 e. The van der Waals surface area contributed by atoms with Gasteiger partial charge in [0.15, 0.2) is 0 Å². The summed E-state index contributed by atoms with van der Waals surface area (Å²) in [6.07, 6.45) is 0.981. The second kappa shape index (κ2) is 6.74. The highest BCUT2D eigenvalue weighted by Crippen LogP contribution is 2.10. The Morgan fingerprint density at radius 3 is 1.82 bits per heavy atom. The molecule has 0 fully saturated rings. The van der Waals surface area contributed by atoms with Crippen LogP contribution in [0.3, 0.4) is 0 Å². The zero-order valence-corrected chi connectivity index (χ0v) is 10.8. The maximum atomic E-state index is 8.94. The van der Waals surface area contributed by atoms with E-state index in [1.165, 1.54) is 16.7 Å². The minimum atomic E-state index is 0.356. The first-order chi connectivity index (χ1) is 8.13. The van der Waals surface area contributed by atoms with E-state index in [1.807, 2.05) is 12.1 Å². The average Bonchev–Trinajstić information content (AvgIpc) is 2.34. The Labute approximate surface area is 104 Å². The molecular weight excluding hydrogens is 208 g/mol. The Morgan fingerprint density at radius 2 is 1.47 bits per heavy atom. The molecule has 0 radical (unpaired) electrons. The van der Waals surface area contributed by atoms with Crippen LogP contribution in [0.1, 0.15) is 23.6 Å². The van der Waals surface area contributed by atoms with Crippen molar-refractivity contribution in [3.05, 3.63) is 65.2 Å². The van der Waals surface area contributed by atoms with E-state index in [0.717, 1.165) is 6.42 Å². The number of hydrogen-bond acceptors (Lipinski definition) is 1. The van der Waals surface area contributed by atoms with Crippen molar-refractivity contribution in [3.8, 4) is 5.75 Å². The molecule has 17 heavy (non-hydrogen) atoms. The maximum absolute atomic E-state index is 8.94. The van der Waals surface area contributed by atoms with Crippen molar-refractivity contribution in [2.24, 2.45) is 0 Å². The first kappa shape index (κ1) is 13.3. The number of benzene rings is 2. The predicted octanol–water partition coefficient (Wildman–Crippen LogP) is 4.26. The fourth-order valence-corrected chi connectivity index (χ4v) is 1.44. The molecule has 1 nitrogen and oxygen atoms in total. The molecule has 0 unspecified atom stereocenters. The third kappa shape index (κ3) is 4.73. The Bertz CT molecular complexity index is 440. The number of aromatic hydroxyl groups is 1. The number of aryl methyl sites for hydroxylation is 3. The molecule has 0 aliphatic rings. The smallest absolute Gasteiger partial charge is 0.115 e. The average molecular weight is 228 g/mol. The van der Waals surface area contributed by atoms with Gasteiger partial charge in [-0.15, -0.1) is 0 Å². The van der Waals surface area contributed by atoms with Crippen LogP contribution >= 0.6 is 0 Å². The van der Waals surface area contributed by atoms with Crippen molar-refractivity contribution >= 4 is 0 Å². The highest BCUT2D eigenvalue weighted by Gasteiger charge is 1.87. The lowest BCUT2D eigenvalue weighted by molar-refractivity contribution is 0.474. The van der Waals surface area contributed by atoms with Gasteiger partial charge in [-0.25, -0.2) is 0 Å². The molecule has 0 saturated heterocycles. The van der Waals surface area contributed by atoms with E-state index in [-0.39, 0.29) is 0 Å². The molecular formula is C16H20O. The highest BCUT2D eigenvalue weighted by molar-refractivity contribution is 5.26. The summed E-state index contributed by atoms with van der Waals surface area (Å²) in [5.74, 6) is 0.356. The van der Waals surface area contributed by atoms with Gasteiger partial charge >= 0.3 is 0 Å². The van der Waals surface area contributed by atoms with Crippen molar-refractivity contribution in [2.75, 3.05) is 0 Å². The molecule has 1 heteroatoms. The van der Waals surface area contributed by atoms with Gasteiger partial charge in [-0.2, -0.15) is 0 Å². The Balaban J connectivity index is 0.000000171. The number of rotatable bonds is 1. The molecule has 1 N–H and O–H groups in total. The summed E-state index contributed by atoms with van der Waals surface area (Å²) in [6.45, 7) is 6.30. The van der Waals surface area contributed by atoms with Crippen molar-refractivity contribution in [3.63, 3.8) is 0 Å². The third-order valence-electron chi connectivity index (χ3n) is 2.74. The SMILES string of the molecule is CCc1cccc(O)c1.Cc1ccccc1C. The fraction of sp³-hybridized carbons (Fsp3) is 0.250.